The van der Waals surface area contributed by atoms with Crippen LogP contribution in [0.25, 0.3) is 21.8 Å². The van der Waals surface area contributed by atoms with Crippen LogP contribution in [0.15, 0.2) is 78.9 Å². The fourth-order valence-electron chi connectivity index (χ4n) is 6.38. The molecule has 7 rings (SSSR count). The zero-order chi connectivity index (χ0) is 46.0. The number of aromatic nitrogens is 2. The van der Waals surface area contributed by atoms with Crippen molar-refractivity contribution in [2.75, 3.05) is 0 Å². The topological polar surface area (TPSA) is 170 Å². The summed E-state index contributed by atoms with van der Waals surface area (Å²) in [6.07, 6.45) is 0. The molecule has 5 aromatic carbocycles. The maximum absolute atomic E-state index is 11.4. The monoisotopic (exact) mass is 848 g/mol. The van der Waals surface area contributed by atoms with E-state index in [2.05, 4.69) is 28.2 Å². The minimum absolute atomic E-state index is 0. The second-order valence-corrected chi connectivity index (χ2v) is 15.5. The molecule has 2 N–H and O–H groups in total. The molecule has 0 aliphatic rings. The maximum Gasteiger partial charge on any atom is 3.00 e. The Labute approximate surface area is 376 Å². The van der Waals surface area contributed by atoms with Crippen LogP contribution >= 0.6 is 0 Å². The first-order valence-corrected chi connectivity index (χ1v) is 19.9. The zero-order valence-corrected chi connectivity index (χ0v) is 39.6. The first-order chi connectivity index (χ1) is 28.5. The smallest absolute Gasteiger partial charge is 0.872 e. The molecule has 2 aromatic heterocycles. The number of hydrogen-bond donors (Lipinski definition) is 2. The van der Waals surface area contributed by atoms with Gasteiger partial charge in [-0.05, 0) is 155 Å². The fraction of sp³-hybridized carbons (Fsp3) is 0.269. The number of para-hydroxylation sites is 2. The molecule has 0 amide bonds. The number of benzene rings is 5. The van der Waals surface area contributed by atoms with Gasteiger partial charge in [0.25, 0.3) is 0 Å². The summed E-state index contributed by atoms with van der Waals surface area (Å²) in [5.41, 5.74) is 15.1. The second-order valence-electron chi connectivity index (χ2n) is 15.5. The van der Waals surface area contributed by atoms with E-state index < -0.39 is 11.9 Å². The Morgan fingerprint density at radius 1 is 0.403 bits per heavy atom. The van der Waals surface area contributed by atoms with Crippen molar-refractivity contribution < 1.29 is 35.1 Å². The van der Waals surface area contributed by atoms with Crippen LogP contribution in [0.4, 0.5) is 0 Å². The van der Waals surface area contributed by atoms with Gasteiger partial charge in [-0.1, -0.05) is 88.0 Å². The van der Waals surface area contributed by atoms with Gasteiger partial charge in [0.15, 0.2) is 0 Å². The Bertz CT molecular complexity index is 2420. The van der Waals surface area contributed by atoms with Gasteiger partial charge in [0.05, 0.1) is 22.2 Å². The van der Waals surface area contributed by atoms with Crippen molar-refractivity contribution in [3.63, 3.8) is 0 Å². The summed E-state index contributed by atoms with van der Waals surface area (Å²) in [5, 5.41) is 53.8. The third kappa shape index (κ3) is 12.9. The van der Waals surface area contributed by atoms with Crippen LogP contribution in [0.2, 0.25) is 0 Å². The van der Waals surface area contributed by atoms with Crippen molar-refractivity contribution in [2.24, 2.45) is 0 Å². The molecule has 0 fully saturated rings. The number of nitrogens with zero attached hydrogens (tertiary/aromatic N) is 2. The van der Waals surface area contributed by atoms with Gasteiger partial charge in [0.2, 0.25) is 0 Å². The fourth-order valence-corrected chi connectivity index (χ4v) is 6.38. The van der Waals surface area contributed by atoms with Crippen molar-refractivity contribution in [3.05, 3.63) is 168 Å². The SMILES string of the molecule is Cc1cc(C)c(C)c([O-])c1C.Cc1cc(C)c(C)c([O-])c1C.Cc1cc(C)c(C)c([O-])c1C.Cc1ccc2cccc(C(=O)O)c2n1.Cc1ccc2cccc(C(=O)O)c2n1.[Al+3]. The minimum Gasteiger partial charge on any atom is -0.872 e. The second kappa shape index (κ2) is 22.6. The zero-order valence-electron chi connectivity index (χ0n) is 38.4. The predicted molar refractivity (Wildman–Crippen MR) is 247 cm³/mol. The molecule has 320 valence electrons. The molecule has 0 unspecified atom stereocenters. The van der Waals surface area contributed by atoms with Gasteiger partial charge in [0, 0.05) is 22.2 Å². The number of fused-ring (bicyclic) bond motifs is 2. The van der Waals surface area contributed by atoms with E-state index in [1.54, 1.807) is 24.3 Å². The standard InChI is InChI=1S/2C11H9NO2.3C10H14O.Al/c2*1-7-5-6-8-3-2-4-9(11(13)14)10(8)12-7;3*1-6-5-7(2)9(4)10(11)8(6)3;/h2*2-6H,1H3,(H,13,14);3*5,11H,1-4H3;/q;;;;;+3/p-3. The molecule has 0 saturated carbocycles. The maximum atomic E-state index is 11.4. The summed E-state index contributed by atoms with van der Waals surface area (Å²) in [4.78, 5) is 30.2. The molecular formula is C52H57AlN2O7. The Morgan fingerprint density at radius 3 is 0.871 bits per heavy atom. The third-order valence-electron chi connectivity index (χ3n) is 11.1. The first kappa shape index (κ1) is 51.9. The largest absolute Gasteiger partial charge is 3.00 e. The molecule has 9 nitrogen and oxygen atoms in total. The van der Waals surface area contributed by atoms with Crippen molar-refractivity contribution in [2.45, 2.75) is 96.9 Å². The molecule has 0 aliphatic carbocycles. The average molecular weight is 849 g/mol. The van der Waals surface area contributed by atoms with Crippen LogP contribution in [0, 0.1) is 96.9 Å². The number of carboxylic acid groups (broad SMARTS) is 2. The van der Waals surface area contributed by atoms with Crippen molar-refractivity contribution in [1.29, 1.82) is 0 Å². The van der Waals surface area contributed by atoms with Crippen LogP contribution in [0.3, 0.4) is 0 Å². The van der Waals surface area contributed by atoms with E-state index >= 15 is 0 Å². The first-order valence-electron chi connectivity index (χ1n) is 19.9. The molecule has 0 spiro atoms. The summed E-state index contributed by atoms with van der Waals surface area (Å²) in [5.74, 6) is -1.28. The molecule has 0 saturated heterocycles. The van der Waals surface area contributed by atoms with E-state index in [9.17, 15) is 24.9 Å². The molecule has 0 radical (unpaired) electrons. The van der Waals surface area contributed by atoms with Gasteiger partial charge in [0.1, 0.15) is 0 Å². The Balaban J connectivity index is 0.000000267. The Kier molecular flexibility index (Phi) is 18.9. The predicted octanol–water partition coefficient (Wildman–Crippen LogP) is 10.1. The van der Waals surface area contributed by atoms with E-state index in [-0.39, 0.29) is 45.7 Å². The van der Waals surface area contributed by atoms with Crippen LogP contribution in [0.5, 0.6) is 17.2 Å². The Hall–Kier alpha value is -6.21. The van der Waals surface area contributed by atoms with Crippen molar-refractivity contribution in [1.82, 2.24) is 9.97 Å². The van der Waals surface area contributed by atoms with Crippen molar-refractivity contribution in [3.8, 4) is 17.2 Å². The third-order valence-corrected chi connectivity index (χ3v) is 11.1. The van der Waals surface area contributed by atoms with Gasteiger partial charge >= 0.3 is 29.3 Å². The van der Waals surface area contributed by atoms with E-state index in [1.807, 2.05) is 133 Å². The number of hydrogen-bond acceptors (Lipinski definition) is 7. The van der Waals surface area contributed by atoms with Crippen LogP contribution in [-0.2, 0) is 0 Å². The number of aromatic carboxylic acids is 2. The number of aryl methyl sites for hydroxylation is 8. The average Bonchev–Trinajstić information content (AvgIpc) is 3.22. The number of pyridine rings is 2. The number of carbonyl (C=O) groups is 2. The minimum atomic E-state index is -0.936. The number of rotatable bonds is 2. The van der Waals surface area contributed by atoms with Gasteiger partial charge < -0.3 is 25.5 Å². The van der Waals surface area contributed by atoms with Gasteiger partial charge in [-0.15, -0.1) is 17.2 Å². The molecule has 2 heterocycles. The molecular weight excluding hydrogens is 792 g/mol. The van der Waals surface area contributed by atoms with E-state index in [0.717, 1.165) is 88.9 Å². The molecule has 0 bridgehead atoms. The quantitative estimate of drug-likeness (QED) is 0.161. The molecule has 62 heavy (non-hydrogen) atoms. The molecule has 0 aliphatic heterocycles. The van der Waals surface area contributed by atoms with E-state index in [0.29, 0.717) is 11.0 Å². The van der Waals surface area contributed by atoms with Crippen molar-refractivity contribution >= 4 is 51.1 Å². The summed E-state index contributed by atoms with van der Waals surface area (Å²) >= 11 is 0. The van der Waals surface area contributed by atoms with Crippen LogP contribution < -0.4 is 15.3 Å². The summed E-state index contributed by atoms with van der Waals surface area (Å²) in [6.45, 7) is 26.8. The van der Waals surface area contributed by atoms with Crippen LogP contribution in [0.1, 0.15) is 98.9 Å². The Morgan fingerprint density at radius 2 is 0.645 bits per heavy atom. The van der Waals surface area contributed by atoms with Gasteiger partial charge in [-0.25, -0.2) is 9.59 Å². The molecule has 0 atom stereocenters. The molecule has 10 heteroatoms. The van der Waals surface area contributed by atoms with E-state index in [1.165, 1.54) is 0 Å². The summed E-state index contributed by atoms with van der Waals surface area (Å²) in [6, 6.07) is 24.0. The molecule has 7 aromatic rings. The van der Waals surface area contributed by atoms with Gasteiger partial charge in [-0.2, -0.15) is 0 Å². The summed E-state index contributed by atoms with van der Waals surface area (Å²) < 4.78 is 0. The number of carboxylic acids is 2. The normalized spacial score (nSPS) is 10.1. The van der Waals surface area contributed by atoms with Crippen LogP contribution in [-0.4, -0.2) is 49.5 Å². The van der Waals surface area contributed by atoms with E-state index in [4.69, 9.17) is 10.2 Å². The summed E-state index contributed by atoms with van der Waals surface area (Å²) in [7, 11) is 0. The van der Waals surface area contributed by atoms with Gasteiger partial charge in [-0.3, -0.25) is 9.97 Å².